The fraction of sp³-hybridized carbons (Fsp3) is 0.409. The minimum Gasteiger partial charge on any atom is -0.497 e. The Morgan fingerprint density at radius 3 is 2.75 bits per heavy atom. The van der Waals surface area contributed by atoms with Crippen molar-refractivity contribution in [3.8, 4) is 33.3 Å². The molecule has 3 aromatic rings. The summed E-state index contributed by atoms with van der Waals surface area (Å²) in [6, 6.07) is 8.06. The number of aromatic nitrogens is 2. The molecule has 0 N–H and O–H groups in total. The topological polar surface area (TPSA) is 45.5 Å². The average molecular weight is 399 g/mol. The Hall–Kier alpha value is -2.31. The summed E-state index contributed by atoms with van der Waals surface area (Å²) in [5, 5.41) is 3.07. The van der Waals surface area contributed by atoms with Crippen molar-refractivity contribution < 1.29 is 14.2 Å². The number of aryl methyl sites for hydroxylation is 1. The van der Waals surface area contributed by atoms with Gasteiger partial charge in [0.25, 0.3) is 0 Å². The van der Waals surface area contributed by atoms with E-state index >= 15 is 0 Å². The molecule has 1 fully saturated rings. The second-order valence-corrected chi connectivity index (χ2v) is 7.99. The van der Waals surface area contributed by atoms with Crippen molar-refractivity contribution in [1.29, 1.82) is 0 Å². The highest BCUT2D eigenvalue weighted by molar-refractivity contribution is 7.13. The summed E-state index contributed by atoms with van der Waals surface area (Å²) < 4.78 is 19.0. The SMILES string of the molecule is COc1ccc(-c2nc(-c3cc(C)n(C[C@H]4CCCO4)c3C)cs2)c(OC)c1. The van der Waals surface area contributed by atoms with Gasteiger partial charge in [-0.15, -0.1) is 11.3 Å². The van der Waals surface area contributed by atoms with Gasteiger partial charge >= 0.3 is 0 Å². The van der Waals surface area contributed by atoms with E-state index in [1.165, 1.54) is 17.0 Å². The molecule has 0 aliphatic carbocycles. The summed E-state index contributed by atoms with van der Waals surface area (Å²) in [6.45, 7) is 6.13. The number of rotatable bonds is 6. The van der Waals surface area contributed by atoms with Crippen LogP contribution in [-0.4, -0.2) is 36.5 Å². The second-order valence-electron chi connectivity index (χ2n) is 7.13. The molecule has 0 bridgehead atoms. The van der Waals surface area contributed by atoms with E-state index in [1.54, 1.807) is 25.6 Å². The molecule has 148 valence electrons. The van der Waals surface area contributed by atoms with Gasteiger partial charge < -0.3 is 18.8 Å². The first kappa shape index (κ1) is 19.0. The van der Waals surface area contributed by atoms with Crippen LogP contribution in [0.4, 0.5) is 0 Å². The van der Waals surface area contributed by atoms with Crippen LogP contribution in [0.3, 0.4) is 0 Å². The molecule has 0 amide bonds. The predicted molar refractivity (Wildman–Crippen MR) is 113 cm³/mol. The Balaban J connectivity index is 1.65. The summed E-state index contributed by atoms with van der Waals surface area (Å²) >= 11 is 1.63. The van der Waals surface area contributed by atoms with E-state index in [0.717, 1.165) is 53.8 Å². The lowest BCUT2D eigenvalue weighted by molar-refractivity contribution is 0.0962. The first-order chi connectivity index (χ1) is 13.6. The highest BCUT2D eigenvalue weighted by Gasteiger charge is 2.20. The first-order valence-electron chi connectivity index (χ1n) is 9.57. The molecular weight excluding hydrogens is 372 g/mol. The smallest absolute Gasteiger partial charge is 0.132 e. The number of hydrogen-bond donors (Lipinski definition) is 0. The van der Waals surface area contributed by atoms with Gasteiger partial charge in [0, 0.05) is 41.5 Å². The van der Waals surface area contributed by atoms with Crippen LogP contribution in [0.2, 0.25) is 0 Å². The van der Waals surface area contributed by atoms with Crippen molar-refractivity contribution in [2.24, 2.45) is 0 Å². The summed E-state index contributed by atoms with van der Waals surface area (Å²) in [6.07, 6.45) is 2.63. The van der Waals surface area contributed by atoms with Gasteiger partial charge in [-0.3, -0.25) is 0 Å². The van der Waals surface area contributed by atoms with Gasteiger partial charge in [-0.1, -0.05) is 0 Å². The third-order valence-corrected chi connectivity index (χ3v) is 6.28. The number of benzene rings is 1. The quantitative estimate of drug-likeness (QED) is 0.580. The molecular formula is C22H26N2O3S. The normalized spacial score (nSPS) is 16.5. The standard InChI is InChI=1S/C22H26N2O3S/c1-14-10-19(15(2)24(14)12-17-6-5-9-27-17)20-13-28-22(23-20)18-8-7-16(25-3)11-21(18)26-4/h7-8,10-11,13,17H,5-6,9,12H2,1-4H3/t17-/m1/s1. The third kappa shape index (κ3) is 3.54. The van der Waals surface area contributed by atoms with Gasteiger partial charge in [-0.2, -0.15) is 0 Å². The minimum atomic E-state index is 0.326. The van der Waals surface area contributed by atoms with Gasteiger partial charge in [0.1, 0.15) is 16.5 Å². The van der Waals surface area contributed by atoms with E-state index in [1.807, 2.05) is 18.2 Å². The molecule has 0 spiro atoms. The van der Waals surface area contributed by atoms with Crippen LogP contribution in [0.25, 0.3) is 21.8 Å². The fourth-order valence-electron chi connectivity index (χ4n) is 3.83. The van der Waals surface area contributed by atoms with Crippen LogP contribution in [0.5, 0.6) is 11.5 Å². The van der Waals surface area contributed by atoms with Crippen molar-refractivity contribution in [3.63, 3.8) is 0 Å². The van der Waals surface area contributed by atoms with E-state index < -0.39 is 0 Å². The van der Waals surface area contributed by atoms with Crippen molar-refractivity contribution in [1.82, 2.24) is 9.55 Å². The number of ether oxygens (including phenoxy) is 3. The van der Waals surface area contributed by atoms with Crippen LogP contribution < -0.4 is 9.47 Å². The molecule has 0 radical (unpaired) electrons. The Kier molecular flexibility index (Phi) is 5.42. The maximum absolute atomic E-state index is 5.83. The summed E-state index contributed by atoms with van der Waals surface area (Å²) in [5.74, 6) is 1.54. The van der Waals surface area contributed by atoms with Crippen LogP contribution >= 0.6 is 11.3 Å². The molecule has 4 rings (SSSR count). The van der Waals surface area contributed by atoms with E-state index in [0.29, 0.717) is 6.10 Å². The highest BCUT2D eigenvalue weighted by atomic mass is 32.1. The Morgan fingerprint density at radius 2 is 2.04 bits per heavy atom. The van der Waals surface area contributed by atoms with Gasteiger partial charge in [0.15, 0.2) is 0 Å². The molecule has 3 heterocycles. The maximum atomic E-state index is 5.83. The number of methoxy groups -OCH3 is 2. The van der Waals surface area contributed by atoms with Crippen molar-refractivity contribution in [2.75, 3.05) is 20.8 Å². The Bertz CT molecular complexity index is 970. The van der Waals surface area contributed by atoms with Crippen LogP contribution in [-0.2, 0) is 11.3 Å². The molecule has 28 heavy (non-hydrogen) atoms. The van der Waals surface area contributed by atoms with Crippen LogP contribution in [0.1, 0.15) is 24.2 Å². The molecule has 1 saturated heterocycles. The summed E-state index contributed by atoms with van der Waals surface area (Å²) in [4.78, 5) is 4.92. The zero-order valence-electron chi connectivity index (χ0n) is 16.8. The molecule has 1 aromatic carbocycles. The monoisotopic (exact) mass is 398 g/mol. The number of hydrogen-bond acceptors (Lipinski definition) is 5. The highest BCUT2D eigenvalue weighted by Crippen LogP contribution is 2.38. The van der Waals surface area contributed by atoms with Gasteiger partial charge in [-0.25, -0.2) is 4.98 Å². The Labute approximate surface area is 169 Å². The molecule has 0 unspecified atom stereocenters. The lowest BCUT2D eigenvalue weighted by atomic mass is 10.2. The number of nitrogens with zero attached hydrogens (tertiary/aromatic N) is 2. The lowest BCUT2D eigenvalue weighted by Gasteiger charge is -2.14. The minimum absolute atomic E-state index is 0.326. The van der Waals surface area contributed by atoms with Crippen LogP contribution in [0.15, 0.2) is 29.6 Å². The molecule has 0 saturated carbocycles. The van der Waals surface area contributed by atoms with E-state index in [9.17, 15) is 0 Å². The largest absolute Gasteiger partial charge is 0.497 e. The van der Waals surface area contributed by atoms with E-state index in [4.69, 9.17) is 19.2 Å². The van der Waals surface area contributed by atoms with Gasteiger partial charge in [0.05, 0.1) is 31.6 Å². The predicted octanol–water partition coefficient (Wildman–Crippen LogP) is 5.09. The van der Waals surface area contributed by atoms with Crippen molar-refractivity contribution in [2.45, 2.75) is 39.3 Å². The average Bonchev–Trinajstić information content (AvgIpc) is 3.45. The Morgan fingerprint density at radius 1 is 1.18 bits per heavy atom. The molecule has 1 aliphatic heterocycles. The molecule has 1 aliphatic rings. The van der Waals surface area contributed by atoms with Crippen molar-refractivity contribution >= 4 is 11.3 Å². The van der Waals surface area contributed by atoms with Gasteiger partial charge in [0.2, 0.25) is 0 Å². The molecule has 1 atom stereocenters. The number of thiazole rings is 1. The maximum Gasteiger partial charge on any atom is 0.132 e. The fourth-order valence-corrected chi connectivity index (χ4v) is 4.68. The van der Waals surface area contributed by atoms with E-state index in [-0.39, 0.29) is 0 Å². The van der Waals surface area contributed by atoms with Gasteiger partial charge in [-0.05, 0) is 44.9 Å². The second kappa shape index (κ2) is 7.97. The zero-order valence-corrected chi connectivity index (χ0v) is 17.6. The molecule has 5 nitrogen and oxygen atoms in total. The zero-order chi connectivity index (χ0) is 19.7. The molecule has 2 aromatic heterocycles. The van der Waals surface area contributed by atoms with Crippen molar-refractivity contribution in [3.05, 3.63) is 41.0 Å². The third-order valence-electron chi connectivity index (χ3n) is 5.40. The van der Waals surface area contributed by atoms with E-state index in [2.05, 4.69) is 29.9 Å². The van der Waals surface area contributed by atoms with Crippen LogP contribution in [0, 0.1) is 13.8 Å². The first-order valence-corrected chi connectivity index (χ1v) is 10.4. The molecule has 6 heteroatoms. The summed E-state index contributed by atoms with van der Waals surface area (Å²) in [7, 11) is 3.33. The lowest BCUT2D eigenvalue weighted by Crippen LogP contribution is -2.16. The summed E-state index contributed by atoms with van der Waals surface area (Å²) in [5.41, 5.74) is 5.66.